The Bertz CT molecular complexity index is 62.2. The molecular weight excluding hydrogens is 382 g/mol. The first-order valence-electron chi connectivity index (χ1n) is 0.783. The second-order valence-electron chi connectivity index (χ2n) is 0.513. The summed E-state index contributed by atoms with van der Waals surface area (Å²) >= 11 is 0. The molecular formula is H5BaNiO4PZr. The first-order valence-corrected chi connectivity index (χ1v) is 2.35. The summed E-state index contributed by atoms with van der Waals surface area (Å²) in [6, 6.07) is 0. The average Bonchev–Trinajstić information content (AvgIpc) is 0.722. The van der Waals surface area contributed by atoms with Crippen LogP contribution < -0.4 is 0 Å². The van der Waals surface area contributed by atoms with Crippen LogP contribution in [0.15, 0.2) is 0 Å². The number of phosphoric acid groups is 1. The van der Waals surface area contributed by atoms with Crippen molar-refractivity contribution in [2.45, 2.75) is 0 Å². The first-order chi connectivity index (χ1) is 2.00. The Balaban J connectivity index is -0.0000000267. The number of hydrogen-bond donors (Lipinski definition) is 3. The van der Waals surface area contributed by atoms with Gasteiger partial charge < -0.3 is 14.7 Å². The summed E-state index contributed by atoms with van der Waals surface area (Å²) in [5.41, 5.74) is 0. The van der Waals surface area contributed by atoms with Crippen molar-refractivity contribution in [3.05, 3.63) is 0 Å². The Hall–Kier alpha value is 3.06. The molecule has 0 aliphatic heterocycles. The molecule has 8 heteroatoms. The van der Waals surface area contributed by atoms with E-state index in [2.05, 4.69) is 0 Å². The molecule has 0 atom stereocenters. The quantitative estimate of drug-likeness (QED) is 0.337. The van der Waals surface area contributed by atoms with E-state index in [1.54, 1.807) is 0 Å². The molecule has 0 amide bonds. The SMILES string of the molecule is O=P(O)(O)O.[BaH2].[Ni].[Zr]. The van der Waals surface area contributed by atoms with Crippen molar-refractivity contribution >= 4 is 56.7 Å². The monoisotopic (exact) mass is 386 g/mol. The largest absolute Gasteiger partial charge is 0 e. The fourth-order valence-corrected chi connectivity index (χ4v) is 0. The first kappa shape index (κ1) is 22.5. The van der Waals surface area contributed by atoms with Crippen LogP contribution in [0, 0.1) is 0 Å². The van der Waals surface area contributed by atoms with Crippen LogP contribution in [0.4, 0.5) is 0 Å². The molecule has 0 aliphatic rings. The summed E-state index contributed by atoms with van der Waals surface area (Å²) in [4.78, 5) is 21.6. The van der Waals surface area contributed by atoms with E-state index in [9.17, 15) is 0 Å². The van der Waals surface area contributed by atoms with Gasteiger partial charge in [0.05, 0.1) is 0 Å². The molecule has 50 valence electrons. The minimum atomic E-state index is -4.64. The molecule has 0 aromatic rings. The van der Waals surface area contributed by atoms with Crippen molar-refractivity contribution in [3.63, 3.8) is 0 Å². The third-order valence-electron chi connectivity index (χ3n) is 0. The van der Waals surface area contributed by atoms with Crippen molar-refractivity contribution in [2.24, 2.45) is 0 Å². The Labute approximate surface area is 116 Å². The molecule has 0 spiro atoms. The molecule has 0 aliphatic carbocycles. The van der Waals surface area contributed by atoms with Crippen molar-refractivity contribution in [1.82, 2.24) is 0 Å². The van der Waals surface area contributed by atoms with Gasteiger partial charge in [0, 0.05) is 42.7 Å². The van der Waals surface area contributed by atoms with Crippen LogP contribution in [0.3, 0.4) is 0 Å². The van der Waals surface area contributed by atoms with Crippen LogP contribution in [-0.4, -0.2) is 63.6 Å². The molecule has 0 heterocycles. The van der Waals surface area contributed by atoms with Gasteiger partial charge in [-0.15, -0.1) is 0 Å². The van der Waals surface area contributed by atoms with Gasteiger partial charge in [0.1, 0.15) is 0 Å². The van der Waals surface area contributed by atoms with Crippen molar-refractivity contribution in [1.29, 1.82) is 0 Å². The molecule has 0 unspecified atom stereocenters. The average molecular weight is 387 g/mol. The Morgan fingerprint density at radius 1 is 1.12 bits per heavy atom. The van der Waals surface area contributed by atoms with E-state index in [1.807, 2.05) is 0 Å². The fraction of sp³-hybridized carbons (Fsp3) is 0. The third kappa shape index (κ3) is 62.9. The summed E-state index contributed by atoms with van der Waals surface area (Å²) in [5, 5.41) is 0. The zero-order valence-corrected chi connectivity index (χ0v) is 7.35. The molecule has 0 bridgehead atoms. The van der Waals surface area contributed by atoms with Crippen LogP contribution in [0.25, 0.3) is 0 Å². The van der Waals surface area contributed by atoms with Gasteiger partial charge in [-0.3, -0.25) is 0 Å². The zero-order valence-electron chi connectivity index (χ0n) is 3.01. The topological polar surface area (TPSA) is 77.8 Å². The van der Waals surface area contributed by atoms with Crippen LogP contribution >= 0.6 is 7.82 Å². The minimum Gasteiger partial charge on any atom is 0 e. The summed E-state index contributed by atoms with van der Waals surface area (Å²) in [6.45, 7) is 0. The smallest absolute Gasteiger partial charge is 0 e. The van der Waals surface area contributed by atoms with E-state index in [0.29, 0.717) is 0 Å². The van der Waals surface area contributed by atoms with Crippen LogP contribution in [0.5, 0.6) is 0 Å². The maximum Gasteiger partial charge on any atom is 0 e. The summed E-state index contributed by atoms with van der Waals surface area (Å²) < 4.78 is 8.88. The second-order valence-corrected chi connectivity index (χ2v) is 1.54. The third-order valence-corrected chi connectivity index (χ3v) is 0. The normalized spacial score (nSPS) is 7.38. The van der Waals surface area contributed by atoms with E-state index >= 15 is 0 Å². The van der Waals surface area contributed by atoms with Crippen molar-refractivity contribution in [2.75, 3.05) is 0 Å². The van der Waals surface area contributed by atoms with Gasteiger partial charge in [0.25, 0.3) is 0 Å². The fourth-order valence-electron chi connectivity index (χ4n) is 0. The number of rotatable bonds is 0. The van der Waals surface area contributed by atoms with Crippen molar-refractivity contribution in [3.8, 4) is 0 Å². The molecule has 0 saturated carbocycles. The van der Waals surface area contributed by atoms with E-state index < -0.39 is 7.82 Å². The summed E-state index contributed by atoms with van der Waals surface area (Å²) in [5.74, 6) is 0. The van der Waals surface area contributed by atoms with Gasteiger partial charge in [0.2, 0.25) is 0 Å². The van der Waals surface area contributed by atoms with Gasteiger partial charge in [-0.25, -0.2) is 4.57 Å². The summed E-state index contributed by atoms with van der Waals surface area (Å²) in [6.07, 6.45) is 0. The maximum atomic E-state index is 8.88. The van der Waals surface area contributed by atoms with Gasteiger partial charge in [-0.05, 0) is 0 Å². The molecule has 0 radical (unpaired) electrons. The van der Waals surface area contributed by atoms with E-state index in [1.165, 1.54) is 0 Å². The number of hydrogen-bond acceptors (Lipinski definition) is 1. The molecule has 8 heavy (non-hydrogen) atoms. The zero-order chi connectivity index (χ0) is 4.50. The Morgan fingerprint density at radius 3 is 1.12 bits per heavy atom. The van der Waals surface area contributed by atoms with Crippen LogP contribution in [-0.2, 0) is 47.3 Å². The molecule has 4 nitrogen and oxygen atoms in total. The van der Waals surface area contributed by atoms with Gasteiger partial charge >= 0.3 is 56.7 Å². The maximum absolute atomic E-state index is 8.88. The molecule has 0 saturated heterocycles. The molecule has 0 aromatic heterocycles. The van der Waals surface area contributed by atoms with E-state index in [-0.39, 0.29) is 91.6 Å². The van der Waals surface area contributed by atoms with Crippen molar-refractivity contribution < 1.29 is 61.9 Å². The Morgan fingerprint density at radius 2 is 1.12 bits per heavy atom. The predicted molar refractivity (Wildman–Crippen MR) is 22.8 cm³/mol. The summed E-state index contributed by atoms with van der Waals surface area (Å²) in [7, 11) is -4.64. The van der Waals surface area contributed by atoms with Gasteiger partial charge in [-0.2, -0.15) is 0 Å². The van der Waals surface area contributed by atoms with Crippen LogP contribution in [0.2, 0.25) is 0 Å². The molecule has 0 aromatic carbocycles. The van der Waals surface area contributed by atoms with E-state index in [0.717, 1.165) is 0 Å². The van der Waals surface area contributed by atoms with Gasteiger partial charge in [-0.1, -0.05) is 0 Å². The second kappa shape index (κ2) is 10.1. The van der Waals surface area contributed by atoms with Crippen LogP contribution in [0.1, 0.15) is 0 Å². The predicted octanol–water partition coefficient (Wildman–Crippen LogP) is -1.85. The van der Waals surface area contributed by atoms with E-state index in [4.69, 9.17) is 19.2 Å². The minimum absolute atomic E-state index is 0. The molecule has 0 rings (SSSR count). The Kier molecular flexibility index (Phi) is 28.2. The van der Waals surface area contributed by atoms with Gasteiger partial charge in [0.15, 0.2) is 0 Å². The molecule has 3 N–H and O–H groups in total. The molecule has 0 fully saturated rings. The standard InChI is InChI=1S/Ba.Ni.H3O4P.Zr.2H/c;;1-5(2,3)4;;;/h;;(H3,1,2,3,4);;;.